The first-order chi connectivity index (χ1) is 8.97. The third kappa shape index (κ3) is 2.21. The molecular weight excluding hydrogens is 232 g/mol. The van der Waals surface area contributed by atoms with E-state index >= 15 is 0 Å². The minimum Gasteiger partial charge on any atom is -0.298 e. The van der Waals surface area contributed by atoms with Gasteiger partial charge in [-0.3, -0.25) is 4.79 Å². The summed E-state index contributed by atoms with van der Waals surface area (Å²) in [5.74, 6) is 0. The van der Waals surface area contributed by atoms with Crippen molar-refractivity contribution in [3.05, 3.63) is 57.6 Å². The van der Waals surface area contributed by atoms with Gasteiger partial charge in [0.25, 0.3) is 0 Å². The highest BCUT2D eigenvalue weighted by atomic mass is 16.1. The first kappa shape index (κ1) is 13.5. The first-order valence-electron chi connectivity index (χ1n) is 6.60. The summed E-state index contributed by atoms with van der Waals surface area (Å²) in [5.41, 5.74) is 9.97. The second-order valence-electron chi connectivity index (χ2n) is 5.24. The molecule has 0 saturated carbocycles. The molecule has 0 spiro atoms. The second-order valence-corrected chi connectivity index (χ2v) is 5.24. The van der Waals surface area contributed by atoms with Crippen LogP contribution < -0.4 is 0 Å². The first-order valence-corrected chi connectivity index (χ1v) is 6.60. The largest absolute Gasteiger partial charge is 0.298 e. The monoisotopic (exact) mass is 252 g/mol. The van der Waals surface area contributed by atoms with Crippen molar-refractivity contribution in [3.63, 3.8) is 0 Å². The fraction of sp³-hybridized carbons (Fsp3) is 0.278. The van der Waals surface area contributed by atoms with E-state index in [9.17, 15) is 4.79 Å². The predicted octanol–water partition coefficient (Wildman–Crippen LogP) is 4.71. The molecule has 0 atom stereocenters. The molecule has 0 aliphatic heterocycles. The van der Waals surface area contributed by atoms with E-state index in [0.717, 1.165) is 11.8 Å². The number of aldehydes is 1. The molecule has 1 nitrogen and oxygen atoms in total. The van der Waals surface area contributed by atoms with E-state index in [1.165, 1.54) is 38.9 Å². The van der Waals surface area contributed by atoms with Crippen molar-refractivity contribution in [1.29, 1.82) is 0 Å². The van der Waals surface area contributed by atoms with Gasteiger partial charge in [-0.05, 0) is 73.6 Å². The summed E-state index contributed by atoms with van der Waals surface area (Å²) < 4.78 is 0. The molecule has 19 heavy (non-hydrogen) atoms. The number of hydrogen-bond donors (Lipinski definition) is 0. The highest BCUT2D eigenvalue weighted by Crippen LogP contribution is 2.33. The van der Waals surface area contributed by atoms with Crippen molar-refractivity contribution in [3.8, 4) is 11.1 Å². The van der Waals surface area contributed by atoms with E-state index in [2.05, 4.69) is 34.6 Å². The Kier molecular flexibility index (Phi) is 3.57. The Morgan fingerprint density at radius 2 is 1.11 bits per heavy atom. The lowest BCUT2D eigenvalue weighted by Gasteiger charge is -2.19. The fourth-order valence-corrected chi connectivity index (χ4v) is 2.66. The quantitative estimate of drug-likeness (QED) is 0.707. The van der Waals surface area contributed by atoms with Crippen molar-refractivity contribution < 1.29 is 4.79 Å². The molecule has 98 valence electrons. The molecule has 0 fully saturated rings. The molecule has 0 bridgehead atoms. The highest BCUT2D eigenvalue weighted by Gasteiger charge is 2.13. The summed E-state index contributed by atoms with van der Waals surface area (Å²) in [6, 6.07) is 7.83. The smallest absolute Gasteiger partial charge is 0.150 e. The lowest BCUT2D eigenvalue weighted by atomic mass is 9.86. The Balaban J connectivity index is 2.71. The Morgan fingerprint density at radius 1 is 0.684 bits per heavy atom. The van der Waals surface area contributed by atoms with E-state index in [0.29, 0.717) is 0 Å². The van der Waals surface area contributed by atoms with Crippen LogP contribution in [-0.2, 0) is 0 Å². The molecule has 0 unspecified atom stereocenters. The van der Waals surface area contributed by atoms with Gasteiger partial charge in [-0.25, -0.2) is 0 Å². The molecule has 2 aromatic carbocycles. The molecule has 0 N–H and O–H groups in total. The average Bonchev–Trinajstić information content (AvgIpc) is 2.44. The van der Waals surface area contributed by atoms with Crippen molar-refractivity contribution in [2.75, 3.05) is 0 Å². The van der Waals surface area contributed by atoms with Gasteiger partial charge in [0.1, 0.15) is 6.29 Å². The summed E-state index contributed by atoms with van der Waals surface area (Å²) in [7, 11) is 0. The zero-order valence-electron chi connectivity index (χ0n) is 12.3. The van der Waals surface area contributed by atoms with E-state index in [4.69, 9.17) is 0 Å². The zero-order valence-corrected chi connectivity index (χ0v) is 12.3. The minimum absolute atomic E-state index is 0.722. The van der Waals surface area contributed by atoms with Gasteiger partial charge in [0, 0.05) is 5.56 Å². The molecule has 2 rings (SSSR count). The van der Waals surface area contributed by atoms with Crippen LogP contribution in [0.4, 0.5) is 0 Å². The minimum atomic E-state index is 0.722. The van der Waals surface area contributed by atoms with Gasteiger partial charge in [0.2, 0.25) is 0 Å². The van der Waals surface area contributed by atoms with Crippen LogP contribution in [0, 0.1) is 34.6 Å². The number of carbonyl (C=O) groups excluding carboxylic acids is 1. The van der Waals surface area contributed by atoms with Crippen molar-refractivity contribution in [1.82, 2.24) is 0 Å². The maximum Gasteiger partial charge on any atom is 0.150 e. The topological polar surface area (TPSA) is 17.1 Å². The Hall–Kier alpha value is -1.89. The molecule has 0 amide bonds. The second kappa shape index (κ2) is 5.00. The summed E-state index contributed by atoms with van der Waals surface area (Å²) in [4.78, 5) is 10.7. The van der Waals surface area contributed by atoms with E-state index in [-0.39, 0.29) is 0 Å². The van der Waals surface area contributed by atoms with Gasteiger partial charge >= 0.3 is 0 Å². The van der Waals surface area contributed by atoms with Gasteiger partial charge in [0.15, 0.2) is 0 Å². The van der Waals surface area contributed by atoms with Crippen LogP contribution in [-0.4, -0.2) is 6.29 Å². The standard InChI is InChI=1S/C18H20O/c1-11-12(2)14(4)18(15(5)13(11)3)17-8-6-16(10-19)7-9-17/h6-10H,1-5H3. The van der Waals surface area contributed by atoms with Crippen LogP contribution in [0.1, 0.15) is 38.2 Å². The molecule has 1 heteroatoms. The fourth-order valence-electron chi connectivity index (χ4n) is 2.66. The zero-order chi connectivity index (χ0) is 14.2. The van der Waals surface area contributed by atoms with Gasteiger partial charge in [-0.15, -0.1) is 0 Å². The third-order valence-corrected chi connectivity index (χ3v) is 4.34. The van der Waals surface area contributed by atoms with Gasteiger partial charge in [0.05, 0.1) is 0 Å². The number of rotatable bonds is 2. The summed E-state index contributed by atoms with van der Waals surface area (Å²) in [6.45, 7) is 10.9. The normalized spacial score (nSPS) is 10.6. The summed E-state index contributed by atoms with van der Waals surface area (Å²) >= 11 is 0. The van der Waals surface area contributed by atoms with Crippen LogP contribution in [0.15, 0.2) is 24.3 Å². The van der Waals surface area contributed by atoms with Gasteiger partial charge in [-0.2, -0.15) is 0 Å². The van der Waals surface area contributed by atoms with E-state index in [1.54, 1.807) is 0 Å². The van der Waals surface area contributed by atoms with Gasteiger partial charge < -0.3 is 0 Å². The van der Waals surface area contributed by atoms with Crippen LogP contribution in [0.3, 0.4) is 0 Å². The highest BCUT2D eigenvalue weighted by molar-refractivity contribution is 5.79. The lowest BCUT2D eigenvalue weighted by molar-refractivity contribution is 0.112. The molecule has 0 aliphatic rings. The average molecular weight is 252 g/mol. The van der Waals surface area contributed by atoms with Crippen LogP contribution in [0.2, 0.25) is 0 Å². The molecule has 0 aliphatic carbocycles. The molecule has 0 radical (unpaired) electrons. The molecule has 0 aromatic heterocycles. The molecule has 0 saturated heterocycles. The van der Waals surface area contributed by atoms with Crippen molar-refractivity contribution in [2.24, 2.45) is 0 Å². The Labute approximate surface area is 115 Å². The lowest BCUT2D eigenvalue weighted by Crippen LogP contribution is -1.99. The van der Waals surface area contributed by atoms with Gasteiger partial charge in [-0.1, -0.05) is 24.3 Å². The van der Waals surface area contributed by atoms with Crippen molar-refractivity contribution >= 4 is 6.29 Å². The van der Waals surface area contributed by atoms with Crippen molar-refractivity contribution in [2.45, 2.75) is 34.6 Å². The number of hydrogen-bond acceptors (Lipinski definition) is 1. The predicted molar refractivity (Wildman–Crippen MR) is 81.0 cm³/mol. The maximum absolute atomic E-state index is 10.7. The Morgan fingerprint density at radius 3 is 1.53 bits per heavy atom. The van der Waals surface area contributed by atoms with Crippen LogP contribution in [0.5, 0.6) is 0 Å². The Bertz CT molecular complexity index is 605. The van der Waals surface area contributed by atoms with Crippen LogP contribution >= 0.6 is 0 Å². The summed E-state index contributed by atoms with van der Waals surface area (Å²) in [5, 5.41) is 0. The van der Waals surface area contributed by atoms with E-state index < -0.39 is 0 Å². The molecule has 2 aromatic rings. The maximum atomic E-state index is 10.7. The molecule has 0 heterocycles. The van der Waals surface area contributed by atoms with Crippen LogP contribution in [0.25, 0.3) is 11.1 Å². The number of benzene rings is 2. The molecular formula is C18H20O. The van der Waals surface area contributed by atoms with E-state index in [1.807, 2.05) is 24.3 Å². The SMILES string of the molecule is Cc1c(C)c(C)c(-c2ccc(C=O)cc2)c(C)c1C. The number of carbonyl (C=O) groups is 1. The summed E-state index contributed by atoms with van der Waals surface area (Å²) in [6.07, 6.45) is 0.884. The third-order valence-electron chi connectivity index (χ3n) is 4.34.